The van der Waals surface area contributed by atoms with Crippen molar-refractivity contribution in [2.24, 2.45) is 0 Å². The fourth-order valence-electron chi connectivity index (χ4n) is 2.05. The maximum atomic E-state index is 5.67. The second kappa shape index (κ2) is 5.69. The van der Waals surface area contributed by atoms with Gasteiger partial charge in [0.1, 0.15) is 0 Å². The summed E-state index contributed by atoms with van der Waals surface area (Å²) >= 11 is 0. The molecule has 0 spiro atoms. The van der Waals surface area contributed by atoms with E-state index in [9.17, 15) is 0 Å². The highest BCUT2D eigenvalue weighted by Crippen LogP contribution is 2.15. The molecular weight excluding hydrogens is 176 g/mol. The van der Waals surface area contributed by atoms with Crippen LogP contribution >= 0.6 is 0 Å². The fraction of sp³-hybridized carbons (Fsp3) is 1.00. The van der Waals surface area contributed by atoms with Crippen LogP contribution in [0.25, 0.3) is 0 Å². The fourth-order valence-corrected chi connectivity index (χ4v) is 2.05. The van der Waals surface area contributed by atoms with Crippen molar-refractivity contribution in [3.63, 3.8) is 0 Å². The molecule has 0 bridgehead atoms. The maximum Gasteiger partial charge on any atom is 0.0678 e. The van der Waals surface area contributed by atoms with Gasteiger partial charge >= 0.3 is 0 Å². The Morgan fingerprint density at radius 2 is 1.57 bits per heavy atom. The van der Waals surface area contributed by atoms with Crippen molar-refractivity contribution < 1.29 is 4.74 Å². The first-order chi connectivity index (χ1) is 6.75. The van der Waals surface area contributed by atoms with Crippen LogP contribution in [-0.2, 0) is 4.74 Å². The SMILES string of the molecule is CC.C[C@@H]1CN(C2CNC2)C[C@H](C)O1. The molecule has 84 valence electrons. The average molecular weight is 200 g/mol. The predicted octanol–water partition coefficient (Wildman–Crippen LogP) is 1.09. The molecule has 0 amide bonds. The number of hydrogen-bond acceptors (Lipinski definition) is 3. The summed E-state index contributed by atoms with van der Waals surface area (Å²) in [6.45, 7) is 12.9. The van der Waals surface area contributed by atoms with Gasteiger partial charge in [-0.3, -0.25) is 4.90 Å². The quantitative estimate of drug-likeness (QED) is 0.686. The Morgan fingerprint density at radius 3 is 1.93 bits per heavy atom. The van der Waals surface area contributed by atoms with E-state index in [-0.39, 0.29) is 0 Å². The van der Waals surface area contributed by atoms with Gasteiger partial charge in [0.2, 0.25) is 0 Å². The van der Waals surface area contributed by atoms with Crippen molar-refractivity contribution in [3.8, 4) is 0 Å². The van der Waals surface area contributed by atoms with Crippen LogP contribution in [0, 0.1) is 0 Å². The molecule has 3 nitrogen and oxygen atoms in total. The second-order valence-corrected chi connectivity index (χ2v) is 4.02. The lowest BCUT2D eigenvalue weighted by molar-refractivity contribution is -0.0857. The van der Waals surface area contributed by atoms with Gasteiger partial charge in [-0.15, -0.1) is 0 Å². The number of rotatable bonds is 1. The molecular formula is C11H24N2O. The van der Waals surface area contributed by atoms with Gasteiger partial charge in [0, 0.05) is 32.2 Å². The third-order valence-corrected chi connectivity index (χ3v) is 2.72. The minimum atomic E-state index is 0.411. The van der Waals surface area contributed by atoms with Crippen LogP contribution in [0.1, 0.15) is 27.7 Å². The number of morpholine rings is 1. The Morgan fingerprint density at radius 1 is 1.07 bits per heavy atom. The number of nitrogens with one attached hydrogen (secondary N) is 1. The Kier molecular flexibility index (Phi) is 4.85. The third kappa shape index (κ3) is 2.94. The number of ether oxygens (including phenoxy) is 1. The highest BCUT2D eigenvalue weighted by Gasteiger charge is 2.30. The molecule has 1 N–H and O–H groups in total. The Balaban J connectivity index is 0.000000461. The van der Waals surface area contributed by atoms with Gasteiger partial charge in [0.25, 0.3) is 0 Å². The van der Waals surface area contributed by atoms with E-state index in [0.29, 0.717) is 12.2 Å². The van der Waals surface area contributed by atoms with E-state index in [1.165, 1.54) is 13.1 Å². The van der Waals surface area contributed by atoms with Crippen LogP contribution < -0.4 is 5.32 Å². The average Bonchev–Trinajstić information content (AvgIpc) is 2.02. The minimum absolute atomic E-state index is 0.411. The van der Waals surface area contributed by atoms with Gasteiger partial charge in [-0.1, -0.05) is 13.8 Å². The molecule has 0 aliphatic carbocycles. The monoisotopic (exact) mass is 200 g/mol. The first kappa shape index (κ1) is 12.0. The lowest BCUT2D eigenvalue weighted by Crippen LogP contribution is -2.61. The minimum Gasteiger partial charge on any atom is -0.373 e. The molecule has 2 rings (SSSR count). The van der Waals surface area contributed by atoms with Gasteiger partial charge in [-0.2, -0.15) is 0 Å². The summed E-state index contributed by atoms with van der Waals surface area (Å²) < 4.78 is 5.67. The molecule has 0 aromatic heterocycles. The zero-order valence-corrected chi connectivity index (χ0v) is 9.92. The first-order valence-electron chi connectivity index (χ1n) is 5.86. The molecule has 0 saturated carbocycles. The standard InChI is InChI=1S/C9H18N2O.C2H6/c1-7-5-11(6-8(2)12-7)9-3-10-4-9;1-2/h7-10H,3-6H2,1-2H3;1-2H3/t7-,8+;. The summed E-state index contributed by atoms with van der Waals surface area (Å²) in [5.74, 6) is 0. The second-order valence-electron chi connectivity index (χ2n) is 4.02. The van der Waals surface area contributed by atoms with Gasteiger partial charge in [-0.25, -0.2) is 0 Å². The zero-order valence-electron chi connectivity index (χ0n) is 9.92. The van der Waals surface area contributed by atoms with Gasteiger partial charge in [0.15, 0.2) is 0 Å². The largest absolute Gasteiger partial charge is 0.373 e. The first-order valence-corrected chi connectivity index (χ1v) is 5.86. The van der Waals surface area contributed by atoms with E-state index in [1.807, 2.05) is 13.8 Å². The maximum absolute atomic E-state index is 5.67. The van der Waals surface area contributed by atoms with Gasteiger partial charge in [0.05, 0.1) is 12.2 Å². The topological polar surface area (TPSA) is 24.5 Å². The summed E-state index contributed by atoms with van der Waals surface area (Å²) in [7, 11) is 0. The molecule has 0 aromatic carbocycles. The normalized spacial score (nSPS) is 34.3. The van der Waals surface area contributed by atoms with Gasteiger partial charge in [-0.05, 0) is 13.8 Å². The summed E-state index contributed by atoms with van der Waals surface area (Å²) in [5.41, 5.74) is 0. The molecule has 0 unspecified atom stereocenters. The Bertz CT molecular complexity index is 149. The Labute approximate surface area is 87.8 Å². The van der Waals surface area contributed by atoms with Crippen molar-refractivity contribution >= 4 is 0 Å². The molecule has 2 aliphatic heterocycles. The third-order valence-electron chi connectivity index (χ3n) is 2.72. The summed E-state index contributed by atoms with van der Waals surface area (Å²) in [6.07, 6.45) is 0.823. The molecule has 2 saturated heterocycles. The van der Waals surface area contributed by atoms with Crippen LogP contribution in [0.4, 0.5) is 0 Å². The van der Waals surface area contributed by atoms with Crippen molar-refractivity contribution in [2.75, 3.05) is 26.2 Å². The molecule has 14 heavy (non-hydrogen) atoms. The van der Waals surface area contributed by atoms with Crippen LogP contribution in [0.2, 0.25) is 0 Å². The van der Waals surface area contributed by atoms with E-state index < -0.39 is 0 Å². The summed E-state index contributed by atoms with van der Waals surface area (Å²) in [4.78, 5) is 2.55. The van der Waals surface area contributed by atoms with E-state index in [2.05, 4.69) is 24.1 Å². The van der Waals surface area contributed by atoms with Crippen molar-refractivity contribution in [2.45, 2.75) is 45.9 Å². The van der Waals surface area contributed by atoms with E-state index in [0.717, 1.165) is 19.1 Å². The van der Waals surface area contributed by atoms with Crippen LogP contribution in [0.5, 0.6) is 0 Å². The molecule has 2 heterocycles. The lowest BCUT2D eigenvalue weighted by Gasteiger charge is -2.44. The molecule has 2 aliphatic rings. The molecule has 3 heteroatoms. The highest BCUT2D eigenvalue weighted by atomic mass is 16.5. The Hall–Kier alpha value is -0.120. The van der Waals surface area contributed by atoms with E-state index >= 15 is 0 Å². The molecule has 0 aromatic rings. The van der Waals surface area contributed by atoms with Gasteiger partial charge < -0.3 is 10.1 Å². The van der Waals surface area contributed by atoms with Crippen molar-refractivity contribution in [1.29, 1.82) is 0 Å². The molecule has 2 fully saturated rings. The van der Waals surface area contributed by atoms with Crippen LogP contribution in [0.15, 0.2) is 0 Å². The lowest BCUT2D eigenvalue weighted by atomic mass is 10.1. The summed E-state index contributed by atoms with van der Waals surface area (Å²) in [6, 6.07) is 0.777. The number of hydrogen-bond donors (Lipinski definition) is 1. The summed E-state index contributed by atoms with van der Waals surface area (Å²) in [5, 5.41) is 3.31. The smallest absolute Gasteiger partial charge is 0.0678 e. The number of nitrogens with zero attached hydrogens (tertiary/aromatic N) is 1. The predicted molar refractivity (Wildman–Crippen MR) is 59.6 cm³/mol. The van der Waals surface area contributed by atoms with E-state index in [4.69, 9.17) is 4.74 Å². The van der Waals surface area contributed by atoms with Crippen LogP contribution in [-0.4, -0.2) is 49.3 Å². The highest BCUT2D eigenvalue weighted by molar-refractivity contribution is 4.88. The van der Waals surface area contributed by atoms with Crippen LogP contribution in [0.3, 0.4) is 0 Å². The van der Waals surface area contributed by atoms with Crippen molar-refractivity contribution in [1.82, 2.24) is 10.2 Å². The van der Waals surface area contributed by atoms with E-state index in [1.54, 1.807) is 0 Å². The molecule has 2 atom stereocenters. The molecule has 0 radical (unpaired) electrons. The van der Waals surface area contributed by atoms with Crippen molar-refractivity contribution in [3.05, 3.63) is 0 Å². The zero-order chi connectivity index (χ0) is 10.6.